The van der Waals surface area contributed by atoms with E-state index in [4.69, 9.17) is 4.74 Å². The highest BCUT2D eigenvalue weighted by atomic mass is 32.2. The van der Waals surface area contributed by atoms with Crippen molar-refractivity contribution in [1.29, 1.82) is 0 Å². The summed E-state index contributed by atoms with van der Waals surface area (Å²) in [5.41, 5.74) is 0.677. The molecule has 136 valence electrons. The lowest BCUT2D eigenvalue weighted by atomic mass is 10.3. The summed E-state index contributed by atoms with van der Waals surface area (Å²) in [7, 11) is 1.60. The number of nitrogens with one attached hydrogen (secondary N) is 2. The molecule has 0 saturated carbocycles. The van der Waals surface area contributed by atoms with Crippen LogP contribution in [-0.4, -0.2) is 53.6 Å². The number of methoxy groups -OCH3 is 1. The molecule has 2 rings (SSSR count). The molecule has 2 aromatic rings. The minimum absolute atomic E-state index is 0.346. The number of amides is 2. The zero-order valence-electron chi connectivity index (χ0n) is 14.6. The van der Waals surface area contributed by atoms with Gasteiger partial charge in [0.25, 0.3) is 0 Å². The molecule has 25 heavy (non-hydrogen) atoms. The molecule has 1 aromatic heterocycles. The number of ether oxygens (including phenoxy) is 1. The highest BCUT2D eigenvalue weighted by Gasteiger charge is 2.09. The molecule has 0 fully saturated rings. The summed E-state index contributed by atoms with van der Waals surface area (Å²) < 4.78 is 5.94. The molecule has 0 aliphatic heterocycles. The first-order valence-corrected chi connectivity index (χ1v) is 9.85. The fourth-order valence-electron chi connectivity index (χ4n) is 2.05. The van der Waals surface area contributed by atoms with Gasteiger partial charge in [-0.2, -0.15) is 0 Å². The van der Waals surface area contributed by atoms with Crippen LogP contribution in [0.2, 0.25) is 0 Å². The number of benzene rings is 1. The second-order valence-corrected chi connectivity index (χ2v) is 7.38. The monoisotopic (exact) mass is 381 g/mol. The van der Waals surface area contributed by atoms with Crippen molar-refractivity contribution in [3.8, 4) is 5.75 Å². The molecule has 7 nitrogen and oxygen atoms in total. The van der Waals surface area contributed by atoms with Gasteiger partial charge in [-0.1, -0.05) is 36.9 Å². The van der Waals surface area contributed by atoms with Crippen LogP contribution >= 0.6 is 23.1 Å². The number of rotatable bonds is 9. The van der Waals surface area contributed by atoms with E-state index in [0.717, 1.165) is 35.5 Å². The highest BCUT2D eigenvalue weighted by Crippen LogP contribution is 2.25. The van der Waals surface area contributed by atoms with Crippen molar-refractivity contribution < 1.29 is 9.53 Å². The van der Waals surface area contributed by atoms with Crippen molar-refractivity contribution in [2.24, 2.45) is 0 Å². The Morgan fingerprint density at radius 2 is 1.92 bits per heavy atom. The molecular formula is C16H23N5O2S2. The quantitative estimate of drug-likeness (QED) is 0.510. The lowest BCUT2D eigenvalue weighted by Gasteiger charge is -2.16. The molecule has 0 bridgehead atoms. The molecule has 1 aromatic carbocycles. The Morgan fingerprint density at radius 3 is 2.56 bits per heavy atom. The van der Waals surface area contributed by atoms with Crippen molar-refractivity contribution in [2.75, 3.05) is 43.1 Å². The number of thioether (sulfide) groups is 1. The van der Waals surface area contributed by atoms with Crippen LogP contribution in [0.4, 0.5) is 15.6 Å². The van der Waals surface area contributed by atoms with Crippen LogP contribution in [0.25, 0.3) is 0 Å². The van der Waals surface area contributed by atoms with Crippen LogP contribution in [0.15, 0.2) is 28.6 Å². The Labute approximate surface area is 156 Å². The normalized spacial score (nSPS) is 10.7. The molecule has 0 atom stereocenters. The maximum absolute atomic E-state index is 12.0. The molecule has 9 heteroatoms. The predicted molar refractivity (Wildman–Crippen MR) is 104 cm³/mol. The summed E-state index contributed by atoms with van der Waals surface area (Å²) in [5.74, 6) is 1.69. The second kappa shape index (κ2) is 10.2. The molecule has 0 aliphatic carbocycles. The molecule has 2 N–H and O–H groups in total. The number of nitrogens with zero attached hydrogens (tertiary/aromatic N) is 3. The minimum atomic E-state index is -0.346. The average molecular weight is 382 g/mol. The zero-order valence-corrected chi connectivity index (χ0v) is 16.2. The summed E-state index contributed by atoms with van der Waals surface area (Å²) in [6, 6.07) is 6.76. The number of anilines is 2. The fourth-order valence-corrected chi connectivity index (χ4v) is 3.87. The molecule has 0 aliphatic rings. The number of carbonyl (C=O) groups is 1. The topological polar surface area (TPSA) is 79.4 Å². The zero-order chi connectivity index (χ0) is 18.1. The molecule has 1 heterocycles. The Morgan fingerprint density at radius 1 is 1.20 bits per heavy atom. The number of aromatic nitrogens is 2. The van der Waals surface area contributed by atoms with Gasteiger partial charge in [0.1, 0.15) is 5.75 Å². The standard InChI is InChI=1S/C16H23N5O2S2/c1-4-21(5-2)10-11-24-16-20-19-15(25-16)18-14(22)17-12-6-8-13(23-3)9-7-12/h6-9H,4-5,10-11H2,1-3H3,(H2,17,18,19,22). The van der Waals surface area contributed by atoms with Crippen LogP contribution in [0.5, 0.6) is 5.75 Å². The molecule has 0 radical (unpaired) electrons. The van der Waals surface area contributed by atoms with E-state index < -0.39 is 0 Å². The van der Waals surface area contributed by atoms with Gasteiger partial charge in [0, 0.05) is 18.0 Å². The average Bonchev–Trinajstić information content (AvgIpc) is 3.06. The third kappa shape index (κ3) is 6.52. The Bertz CT molecular complexity index is 659. The lowest BCUT2D eigenvalue weighted by molar-refractivity contribution is 0.262. The number of hydrogen-bond donors (Lipinski definition) is 2. The lowest BCUT2D eigenvalue weighted by Crippen LogP contribution is -2.25. The van der Waals surface area contributed by atoms with Crippen molar-refractivity contribution >= 4 is 39.9 Å². The van der Waals surface area contributed by atoms with E-state index in [1.807, 2.05) is 0 Å². The van der Waals surface area contributed by atoms with Gasteiger partial charge in [0.15, 0.2) is 4.34 Å². The summed E-state index contributed by atoms with van der Waals surface area (Å²) in [4.78, 5) is 14.4. The summed E-state index contributed by atoms with van der Waals surface area (Å²) in [6.45, 7) is 7.42. The van der Waals surface area contributed by atoms with Crippen LogP contribution in [0, 0.1) is 0 Å². The van der Waals surface area contributed by atoms with Gasteiger partial charge in [-0.15, -0.1) is 10.2 Å². The van der Waals surface area contributed by atoms with Gasteiger partial charge >= 0.3 is 6.03 Å². The van der Waals surface area contributed by atoms with E-state index in [1.165, 1.54) is 11.3 Å². The number of hydrogen-bond acceptors (Lipinski definition) is 7. The molecular weight excluding hydrogens is 358 g/mol. The first kappa shape index (κ1) is 19.5. The van der Waals surface area contributed by atoms with Crippen LogP contribution in [0.1, 0.15) is 13.8 Å². The Kier molecular flexibility index (Phi) is 7.96. The number of urea groups is 1. The molecule has 2 amide bonds. The number of carbonyl (C=O) groups excluding carboxylic acids is 1. The highest BCUT2D eigenvalue weighted by molar-refractivity contribution is 8.01. The predicted octanol–water partition coefficient (Wildman–Crippen LogP) is 3.62. The van der Waals surface area contributed by atoms with Gasteiger partial charge in [-0.25, -0.2) is 4.79 Å². The Balaban J connectivity index is 1.78. The van der Waals surface area contributed by atoms with Crippen molar-refractivity contribution in [3.63, 3.8) is 0 Å². The SMILES string of the molecule is CCN(CC)CCSc1nnc(NC(=O)Nc2ccc(OC)cc2)s1. The van der Waals surface area contributed by atoms with Gasteiger partial charge < -0.3 is 15.0 Å². The maximum Gasteiger partial charge on any atom is 0.325 e. The van der Waals surface area contributed by atoms with Gasteiger partial charge in [0.05, 0.1) is 7.11 Å². The van der Waals surface area contributed by atoms with Crippen LogP contribution in [-0.2, 0) is 0 Å². The van der Waals surface area contributed by atoms with Crippen molar-refractivity contribution in [1.82, 2.24) is 15.1 Å². The van der Waals surface area contributed by atoms with E-state index in [2.05, 4.69) is 39.6 Å². The van der Waals surface area contributed by atoms with Crippen molar-refractivity contribution in [2.45, 2.75) is 18.2 Å². The van der Waals surface area contributed by atoms with E-state index in [1.54, 1.807) is 43.1 Å². The minimum Gasteiger partial charge on any atom is -0.497 e. The molecule has 0 saturated heterocycles. The first-order chi connectivity index (χ1) is 12.1. The van der Waals surface area contributed by atoms with E-state index >= 15 is 0 Å². The van der Waals surface area contributed by atoms with E-state index in [-0.39, 0.29) is 6.03 Å². The summed E-state index contributed by atoms with van der Waals surface area (Å²) in [6.07, 6.45) is 0. The maximum atomic E-state index is 12.0. The van der Waals surface area contributed by atoms with Gasteiger partial charge in [-0.05, 0) is 37.4 Å². The largest absolute Gasteiger partial charge is 0.497 e. The molecule has 0 spiro atoms. The Hall–Kier alpha value is -1.84. The first-order valence-electron chi connectivity index (χ1n) is 8.05. The van der Waals surface area contributed by atoms with Gasteiger partial charge in [0.2, 0.25) is 5.13 Å². The van der Waals surface area contributed by atoms with Crippen LogP contribution in [0.3, 0.4) is 0 Å². The molecule has 0 unspecified atom stereocenters. The van der Waals surface area contributed by atoms with Crippen molar-refractivity contribution in [3.05, 3.63) is 24.3 Å². The third-order valence-corrected chi connectivity index (χ3v) is 5.45. The fraction of sp³-hybridized carbons (Fsp3) is 0.438. The van der Waals surface area contributed by atoms with Gasteiger partial charge in [-0.3, -0.25) is 5.32 Å². The second-order valence-electron chi connectivity index (χ2n) is 5.06. The summed E-state index contributed by atoms with van der Waals surface area (Å²) in [5, 5.41) is 14.0. The summed E-state index contributed by atoms with van der Waals surface area (Å²) >= 11 is 3.03. The van der Waals surface area contributed by atoms with E-state index in [9.17, 15) is 4.79 Å². The third-order valence-electron chi connectivity index (χ3n) is 3.50. The smallest absolute Gasteiger partial charge is 0.325 e. The van der Waals surface area contributed by atoms with Crippen LogP contribution < -0.4 is 15.4 Å². The van der Waals surface area contributed by atoms with E-state index in [0.29, 0.717) is 10.8 Å².